The molecule has 18 heavy (non-hydrogen) atoms. The van der Waals surface area contributed by atoms with Crippen molar-refractivity contribution in [1.29, 1.82) is 5.41 Å². The number of carbonyl (C=O) groups excluding carboxylic acids is 1. The van der Waals surface area contributed by atoms with Crippen molar-refractivity contribution in [3.05, 3.63) is 35.0 Å². The Balaban J connectivity index is 2.36. The Morgan fingerprint density at radius 3 is 2.67 bits per heavy atom. The van der Waals surface area contributed by atoms with Crippen molar-refractivity contribution in [2.24, 2.45) is 0 Å². The molecule has 5 nitrogen and oxygen atoms in total. The van der Waals surface area contributed by atoms with Crippen molar-refractivity contribution in [2.75, 3.05) is 14.2 Å². The van der Waals surface area contributed by atoms with E-state index in [1.165, 1.54) is 4.90 Å². The van der Waals surface area contributed by atoms with Crippen LogP contribution in [0.2, 0.25) is 0 Å². The van der Waals surface area contributed by atoms with Crippen LogP contribution in [0.25, 0.3) is 6.08 Å². The molecule has 2 N–H and O–H groups in total. The second kappa shape index (κ2) is 4.52. The van der Waals surface area contributed by atoms with E-state index < -0.39 is 0 Å². The van der Waals surface area contributed by atoms with Crippen LogP contribution in [0.1, 0.15) is 11.1 Å². The predicted octanol–water partition coefficient (Wildman–Crippen LogP) is 1.34. The molecule has 94 valence electrons. The van der Waals surface area contributed by atoms with E-state index in [4.69, 9.17) is 10.1 Å². The maximum absolute atomic E-state index is 11.6. The number of rotatable bonds is 2. The molecule has 1 heterocycles. The summed E-state index contributed by atoms with van der Waals surface area (Å²) in [5.74, 6) is 0.654. The summed E-state index contributed by atoms with van der Waals surface area (Å²) in [6, 6.07) is 5.68. The van der Waals surface area contributed by atoms with Crippen LogP contribution in [0, 0.1) is 12.3 Å². The van der Waals surface area contributed by atoms with E-state index >= 15 is 0 Å². The Bertz CT molecular complexity index is 549. The van der Waals surface area contributed by atoms with E-state index in [-0.39, 0.29) is 11.9 Å². The maximum atomic E-state index is 11.6. The zero-order valence-corrected chi connectivity index (χ0v) is 10.6. The number of methoxy groups -OCH3 is 1. The Kier molecular flexibility index (Phi) is 3.06. The highest BCUT2D eigenvalue weighted by Gasteiger charge is 2.26. The molecule has 0 unspecified atom stereocenters. The van der Waals surface area contributed by atoms with Gasteiger partial charge < -0.3 is 9.64 Å². The van der Waals surface area contributed by atoms with Gasteiger partial charge in [0.1, 0.15) is 11.4 Å². The molecule has 1 amide bonds. The summed E-state index contributed by atoms with van der Waals surface area (Å²) < 4.78 is 5.18. The Morgan fingerprint density at radius 2 is 2.17 bits per heavy atom. The summed E-state index contributed by atoms with van der Waals surface area (Å²) >= 11 is 0. The maximum Gasteiger partial charge on any atom is 0.274 e. The van der Waals surface area contributed by atoms with Gasteiger partial charge in [0, 0.05) is 7.05 Å². The van der Waals surface area contributed by atoms with Gasteiger partial charge in [0.15, 0.2) is 0 Å². The molecule has 1 aliphatic rings. The number of ether oxygens (including phenoxy) is 1. The Hall–Kier alpha value is -2.30. The average molecular weight is 245 g/mol. The molecule has 1 saturated heterocycles. The summed E-state index contributed by atoms with van der Waals surface area (Å²) in [6.45, 7) is 1.95. The fraction of sp³-hybridized carbons (Fsp3) is 0.231. The van der Waals surface area contributed by atoms with Gasteiger partial charge in [0.25, 0.3) is 5.91 Å². The third kappa shape index (κ3) is 2.07. The van der Waals surface area contributed by atoms with Gasteiger partial charge in [-0.05, 0) is 36.3 Å². The van der Waals surface area contributed by atoms with Gasteiger partial charge in [0.2, 0.25) is 5.96 Å². The quantitative estimate of drug-likeness (QED) is 0.773. The summed E-state index contributed by atoms with van der Waals surface area (Å²) in [6.07, 6.45) is 1.75. The van der Waals surface area contributed by atoms with Crippen LogP contribution in [0.4, 0.5) is 0 Å². The fourth-order valence-electron chi connectivity index (χ4n) is 1.84. The normalized spacial score (nSPS) is 17.3. The first-order chi connectivity index (χ1) is 8.52. The van der Waals surface area contributed by atoms with Crippen LogP contribution in [0.3, 0.4) is 0 Å². The summed E-state index contributed by atoms with van der Waals surface area (Å²) in [4.78, 5) is 13.1. The highest BCUT2D eigenvalue weighted by atomic mass is 16.5. The highest BCUT2D eigenvalue weighted by Crippen LogP contribution is 2.21. The molecule has 1 aliphatic heterocycles. The topological polar surface area (TPSA) is 65.4 Å². The highest BCUT2D eigenvalue weighted by molar-refractivity contribution is 6.14. The molecule has 0 bridgehead atoms. The smallest absolute Gasteiger partial charge is 0.274 e. The van der Waals surface area contributed by atoms with Crippen molar-refractivity contribution in [3.63, 3.8) is 0 Å². The Morgan fingerprint density at radius 1 is 1.44 bits per heavy atom. The van der Waals surface area contributed by atoms with E-state index in [1.807, 2.05) is 25.1 Å². The summed E-state index contributed by atoms with van der Waals surface area (Å²) in [5, 5.41) is 9.97. The molecule has 1 fully saturated rings. The van der Waals surface area contributed by atoms with Gasteiger partial charge in [-0.2, -0.15) is 0 Å². The largest absolute Gasteiger partial charge is 0.496 e. The van der Waals surface area contributed by atoms with Gasteiger partial charge >= 0.3 is 0 Å². The summed E-state index contributed by atoms with van der Waals surface area (Å²) in [5.41, 5.74) is 2.37. The molecule has 0 aromatic heterocycles. The number of nitrogens with one attached hydrogen (secondary N) is 2. The standard InChI is InChI=1S/C13H15N3O2/c1-8-6-9(4-5-11(8)18-3)7-10-12(17)15-13(14)16(10)2/h4-7H,1-3H3,(H2,14,15,17). The third-order valence-electron chi connectivity index (χ3n) is 2.88. The molecule has 0 aliphatic carbocycles. The number of amides is 1. The van der Waals surface area contributed by atoms with Crippen LogP contribution in [0.5, 0.6) is 5.75 Å². The van der Waals surface area contributed by atoms with Gasteiger partial charge in [-0.15, -0.1) is 0 Å². The van der Waals surface area contributed by atoms with Crippen molar-refractivity contribution in [1.82, 2.24) is 10.2 Å². The molecule has 2 rings (SSSR count). The molecule has 1 aromatic carbocycles. The number of likely N-dealkylation sites (N-methyl/N-ethyl adjacent to an activating group) is 1. The lowest BCUT2D eigenvalue weighted by atomic mass is 10.1. The monoisotopic (exact) mass is 245 g/mol. The predicted molar refractivity (Wildman–Crippen MR) is 69.3 cm³/mol. The van der Waals surface area contributed by atoms with Crippen LogP contribution >= 0.6 is 0 Å². The van der Waals surface area contributed by atoms with Crippen LogP contribution in [-0.2, 0) is 4.79 Å². The number of hydrogen-bond donors (Lipinski definition) is 2. The van der Waals surface area contributed by atoms with Crippen LogP contribution in [-0.4, -0.2) is 30.9 Å². The minimum absolute atomic E-state index is 0.0940. The number of hydrogen-bond acceptors (Lipinski definition) is 3. The molecule has 0 spiro atoms. The van der Waals surface area contributed by atoms with E-state index in [0.717, 1.165) is 16.9 Å². The molecule has 1 aromatic rings. The van der Waals surface area contributed by atoms with Crippen molar-refractivity contribution in [3.8, 4) is 5.75 Å². The lowest BCUT2D eigenvalue weighted by molar-refractivity contribution is -0.115. The average Bonchev–Trinajstić information content (AvgIpc) is 2.56. The van der Waals surface area contributed by atoms with Crippen LogP contribution in [0.15, 0.2) is 23.9 Å². The Labute approximate surface area is 106 Å². The van der Waals surface area contributed by atoms with Gasteiger partial charge in [-0.1, -0.05) is 6.07 Å². The number of carbonyl (C=O) groups is 1. The van der Waals surface area contributed by atoms with E-state index in [1.54, 1.807) is 20.2 Å². The molecule has 5 heteroatoms. The van der Waals surface area contributed by atoms with Crippen molar-refractivity contribution in [2.45, 2.75) is 6.92 Å². The number of nitrogens with zero attached hydrogens (tertiary/aromatic N) is 1. The molecule has 0 radical (unpaired) electrons. The first-order valence-electron chi connectivity index (χ1n) is 5.53. The summed E-state index contributed by atoms with van der Waals surface area (Å²) in [7, 11) is 3.31. The number of benzene rings is 1. The van der Waals surface area contributed by atoms with E-state index in [9.17, 15) is 4.79 Å². The SMILES string of the molecule is COc1ccc(C=C2C(=O)NC(=N)N2C)cc1C. The minimum Gasteiger partial charge on any atom is -0.496 e. The van der Waals surface area contributed by atoms with Gasteiger partial charge in [-0.25, -0.2) is 0 Å². The molecular weight excluding hydrogens is 230 g/mol. The van der Waals surface area contributed by atoms with Crippen molar-refractivity contribution >= 4 is 17.9 Å². The molecule has 0 saturated carbocycles. The minimum atomic E-state index is -0.254. The lowest BCUT2D eigenvalue weighted by Crippen LogP contribution is -2.25. The first kappa shape index (κ1) is 12.2. The van der Waals surface area contributed by atoms with Gasteiger partial charge in [-0.3, -0.25) is 15.5 Å². The zero-order valence-electron chi connectivity index (χ0n) is 10.6. The van der Waals surface area contributed by atoms with Gasteiger partial charge in [0.05, 0.1) is 7.11 Å². The second-order valence-corrected chi connectivity index (χ2v) is 4.12. The van der Waals surface area contributed by atoms with E-state index in [2.05, 4.69) is 5.32 Å². The molecular formula is C13H15N3O2. The number of aryl methyl sites for hydroxylation is 1. The first-order valence-corrected chi connectivity index (χ1v) is 5.53. The molecule has 0 atom stereocenters. The lowest BCUT2D eigenvalue weighted by Gasteiger charge is -2.09. The third-order valence-corrected chi connectivity index (χ3v) is 2.88. The van der Waals surface area contributed by atoms with Crippen LogP contribution < -0.4 is 10.1 Å². The number of guanidine groups is 1. The van der Waals surface area contributed by atoms with Crippen molar-refractivity contribution < 1.29 is 9.53 Å². The fourth-order valence-corrected chi connectivity index (χ4v) is 1.84. The van der Waals surface area contributed by atoms with E-state index in [0.29, 0.717) is 5.70 Å². The zero-order chi connectivity index (χ0) is 13.3. The second-order valence-electron chi connectivity index (χ2n) is 4.12.